The number of hydrogen-bond acceptors (Lipinski definition) is 4. The standard InChI is InChI=1S/C28H31N3O2/c1-3-19-17-31-15-13-20(19)16-26(31)27(24-12-14-29-25-11-7-6-10-23(24)25)30-28(32)22-9-5-4-8-21(22)18-33-2/h3-12,14,19-20,26-27H,1,13,15-18H2,2H3,(H,30,32)/t19-,20-,26+,27+/m0/s1. The molecule has 2 aromatic carbocycles. The van der Waals surface area contributed by atoms with Crippen LogP contribution in [-0.4, -0.2) is 42.0 Å². The second-order valence-corrected chi connectivity index (χ2v) is 9.20. The van der Waals surface area contributed by atoms with E-state index in [2.05, 4.69) is 40.0 Å². The van der Waals surface area contributed by atoms with Gasteiger partial charge < -0.3 is 10.1 Å². The van der Waals surface area contributed by atoms with Gasteiger partial charge in [-0.25, -0.2) is 0 Å². The van der Waals surface area contributed by atoms with E-state index < -0.39 is 0 Å². The predicted molar refractivity (Wildman–Crippen MR) is 131 cm³/mol. The molecule has 1 amide bonds. The van der Waals surface area contributed by atoms with Crippen molar-refractivity contribution in [2.75, 3.05) is 20.2 Å². The van der Waals surface area contributed by atoms with Crippen molar-refractivity contribution in [1.29, 1.82) is 0 Å². The first-order chi connectivity index (χ1) is 16.2. The third-order valence-corrected chi connectivity index (χ3v) is 7.40. The Bertz CT molecular complexity index is 1160. The molecule has 33 heavy (non-hydrogen) atoms. The average Bonchev–Trinajstić information content (AvgIpc) is 2.87. The molecular formula is C28H31N3O2. The van der Waals surface area contributed by atoms with E-state index in [9.17, 15) is 4.79 Å². The summed E-state index contributed by atoms with van der Waals surface area (Å²) in [5.74, 6) is 1.09. The lowest BCUT2D eigenvalue weighted by Crippen LogP contribution is -2.57. The molecule has 3 aliphatic heterocycles. The molecular weight excluding hydrogens is 410 g/mol. The molecule has 6 rings (SSSR count). The summed E-state index contributed by atoms with van der Waals surface area (Å²) in [6.07, 6.45) is 6.22. The van der Waals surface area contributed by atoms with Crippen molar-refractivity contribution >= 4 is 16.8 Å². The van der Waals surface area contributed by atoms with Gasteiger partial charge in [-0.15, -0.1) is 6.58 Å². The zero-order valence-corrected chi connectivity index (χ0v) is 19.1. The Labute approximate surface area is 195 Å². The summed E-state index contributed by atoms with van der Waals surface area (Å²) >= 11 is 0. The minimum atomic E-state index is -0.130. The van der Waals surface area contributed by atoms with E-state index in [0.29, 0.717) is 24.0 Å². The molecule has 0 saturated carbocycles. The van der Waals surface area contributed by atoms with E-state index >= 15 is 0 Å². The molecule has 3 saturated heterocycles. The van der Waals surface area contributed by atoms with Crippen molar-refractivity contribution < 1.29 is 9.53 Å². The number of amides is 1. The van der Waals surface area contributed by atoms with Crippen LogP contribution in [-0.2, 0) is 11.3 Å². The zero-order valence-electron chi connectivity index (χ0n) is 19.1. The molecule has 3 fully saturated rings. The minimum absolute atomic E-state index is 0.0588. The van der Waals surface area contributed by atoms with Gasteiger partial charge in [-0.3, -0.25) is 14.7 Å². The molecule has 0 radical (unpaired) electrons. The quantitative estimate of drug-likeness (QED) is 0.538. The van der Waals surface area contributed by atoms with Crippen LogP contribution in [0.3, 0.4) is 0 Å². The van der Waals surface area contributed by atoms with Gasteiger partial charge in [-0.1, -0.05) is 42.5 Å². The van der Waals surface area contributed by atoms with Gasteiger partial charge in [0, 0.05) is 36.8 Å². The predicted octanol–water partition coefficient (Wildman–Crippen LogP) is 4.75. The maximum Gasteiger partial charge on any atom is 0.252 e. The van der Waals surface area contributed by atoms with Crippen molar-refractivity contribution in [1.82, 2.24) is 15.2 Å². The molecule has 1 unspecified atom stereocenters. The lowest BCUT2D eigenvalue weighted by atomic mass is 9.73. The maximum atomic E-state index is 13.6. The number of ether oxygens (including phenoxy) is 1. The molecule has 1 N–H and O–H groups in total. The fourth-order valence-corrected chi connectivity index (χ4v) is 5.74. The number of rotatable bonds is 7. The first-order valence-corrected chi connectivity index (χ1v) is 11.8. The average molecular weight is 442 g/mol. The highest BCUT2D eigenvalue weighted by atomic mass is 16.5. The Morgan fingerprint density at radius 3 is 2.85 bits per heavy atom. The van der Waals surface area contributed by atoms with Crippen LogP contribution in [0.4, 0.5) is 0 Å². The topological polar surface area (TPSA) is 54.5 Å². The van der Waals surface area contributed by atoms with E-state index in [4.69, 9.17) is 4.74 Å². The number of nitrogens with one attached hydrogen (secondary N) is 1. The first kappa shape index (κ1) is 21.8. The van der Waals surface area contributed by atoms with Gasteiger partial charge in [-0.05, 0) is 60.5 Å². The fraction of sp³-hybridized carbons (Fsp3) is 0.357. The molecule has 5 atom stereocenters. The zero-order chi connectivity index (χ0) is 22.8. The van der Waals surface area contributed by atoms with Crippen LogP contribution in [0.25, 0.3) is 10.9 Å². The molecule has 3 aromatic rings. The Hall–Kier alpha value is -3.02. The van der Waals surface area contributed by atoms with Crippen LogP contribution in [0.5, 0.6) is 0 Å². The smallest absolute Gasteiger partial charge is 0.252 e. The molecule has 5 heteroatoms. The third kappa shape index (κ3) is 4.19. The van der Waals surface area contributed by atoms with Gasteiger partial charge in [0.15, 0.2) is 0 Å². The number of piperidine rings is 3. The summed E-state index contributed by atoms with van der Waals surface area (Å²) in [6, 6.07) is 18.1. The van der Waals surface area contributed by atoms with Crippen LogP contribution >= 0.6 is 0 Å². The number of fused-ring (bicyclic) bond motifs is 4. The molecule has 170 valence electrons. The third-order valence-electron chi connectivity index (χ3n) is 7.40. The van der Waals surface area contributed by atoms with Crippen molar-refractivity contribution in [3.8, 4) is 0 Å². The summed E-state index contributed by atoms with van der Waals surface area (Å²) in [6.45, 7) is 6.55. The number of nitrogens with zero attached hydrogens (tertiary/aromatic N) is 2. The highest BCUT2D eigenvalue weighted by Crippen LogP contribution is 2.42. The number of benzene rings is 2. The molecule has 5 nitrogen and oxygen atoms in total. The summed E-state index contributed by atoms with van der Waals surface area (Å²) in [7, 11) is 1.66. The van der Waals surface area contributed by atoms with Crippen molar-refractivity contribution in [3.63, 3.8) is 0 Å². The number of pyridine rings is 1. The Morgan fingerprint density at radius 2 is 2.06 bits per heavy atom. The second kappa shape index (κ2) is 9.46. The monoisotopic (exact) mass is 441 g/mol. The van der Waals surface area contributed by atoms with Crippen LogP contribution in [0.15, 0.2) is 73.4 Å². The molecule has 0 aliphatic carbocycles. The first-order valence-electron chi connectivity index (χ1n) is 11.8. The number of para-hydroxylation sites is 1. The Balaban J connectivity index is 1.54. The molecule has 2 bridgehead atoms. The maximum absolute atomic E-state index is 13.6. The van der Waals surface area contributed by atoms with E-state index in [-0.39, 0.29) is 18.0 Å². The Kier molecular flexibility index (Phi) is 6.25. The molecule has 0 spiro atoms. The highest BCUT2D eigenvalue weighted by Gasteiger charge is 2.43. The number of carbonyl (C=O) groups excluding carboxylic acids is 1. The van der Waals surface area contributed by atoms with Gasteiger partial charge in [0.05, 0.1) is 18.2 Å². The summed E-state index contributed by atoms with van der Waals surface area (Å²) < 4.78 is 5.34. The molecule has 1 aromatic heterocycles. The summed E-state index contributed by atoms with van der Waals surface area (Å²) in [5, 5.41) is 4.53. The van der Waals surface area contributed by atoms with Gasteiger partial charge >= 0.3 is 0 Å². The normalized spacial score (nSPS) is 25.0. The minimum Gasteiger partial charge on any atom is -0.380 e. The van der Waals surface area contributed by atoms with E-state index in [1.807, 2.05) is 48.7 Å². The van der Waals surface area contributed by atoms with Gasteiger partial charge in [0.1, 0.15) is 0 Å². The van der Waals surface area contributed by atoms with E-state index in [0.717, 1.165) is 41.5 Å². The van der Waals surface area contributed by atoms with E-state index in [1.165, 1.54) is 6.42 Å². The van der Waals surface area contributed by atoms with Crippen molar-refractivity contribution in [3.05, 3.63) is 90.1 Å². The number of carbonyl (C=O) groups is 1. The SMILES string of the molecule is C=C[C@H]1CN2CC[C@H]1C[C@@H]2[C@H](NC(=O)c1ccccc1COC)c1ccnc2ccccc12. The van der Waals surface area contributed by atoms with Crippen LogP contribution in [0.2, 0.25) is 0 Å². The van der Waals surface area contributed by atoms with Crippen LogP contribution in [0, 0.1) is 11.8 Å². The van der Waals surface area contributed by atoms with Gasteiger partial charge in [0.2, 0.25) is 0 Å². The lowest BCUT2D eigenvalue weighted by Gasteiger charge is -2.51. The van der Waals surface area contributed by atoms with Crippen LogP contribution < -0.4 is 5.32 Å². The van der Waals surface area contributed by atoms with Crippen molar-refractivity contribution in [2.45, 2.75) is 31.5 Å². The largest absolute Gasteiger partial charge is 0.380 e. The second-order valence-electron chi connectivity index (χ2n) is 9.20. The number of aromatic nitrogens is 1. The lowest BCUT2D eigenvalue weighted by molar-refractivity contribution is 0.00169. The molecule has 3 aliphatic rings. The fourth-order valence-electron chi connectivity index (χ4n) is 5.74. The summed E-state index contributed by atoms with van der Waals surface area (Å²) in [5.41, 5.74) is 3.65. The highest BCUT2D eigenvalue weighted by molar-refractivity contribution is 5.96. The number of hydrogen-bond donors (Lipinski definition) is 1. The van der Waals surface area contributed by atoms with Gasteiger partial charge in [-0.2, -0.15) is 0 Å². The van der Waals surface area contributed by atoms with Crippen LogP contribution in [0.1, 0.15) is 40.4 Å². The Morgan fingerprint density at radius 1 is 1.24 bits per heavy atom. The molecule has 4 heterocycles. The van der Waals surface area contributed by atoms with E-state index in [1.54, 1.807) is 7.11 Å². The summed E-state index contributed by atoms with van der Waals surface area (Å²) in [4.78, 5) is 20.7. The van der Waals surface area contributed by atoms with Crippen molar-refractivity contribution in [2.24, 2.45) is 11.8 Å². The van der Waals surface area contributed by atoms with Gasteiger partial charge in [0.25, 0.3) is 5.91 Å². The number of methoxy groups -OCH3 is 1.